The largest absolute Gasteiger partial charge is 0.346 e. The number of hydrogen-bond acceptors (Lipinski definition) is 2. The molecule has 0 saturated heterocycles. The van der Waals surface area contributed by atoms with Crippen molar-refractivity contribution in [3.8, 4) is 0 Å². The second-order valence-electron chi connectivity index (χ2n) is 3.62. The van der Waals surface area contributed by atoms with Gasteiger partial charge in [-0.05, 0) is 30.3 Å². The number of benzene rings is 1. The number of pyridine rings is 1. The third-order valence-corrected chi connectivity index (χ3v) is 2.57. The predicted molar refractivity (Wildman–Crippen MR) is 66.8 cm³/mol. The molecule has 1 N–H and O–H groups in total. The van der Waals surface area contributed by atoms with Crippen LogP contribution in [0.15, 0.2) is 42.6 Å². The van der Waals surface area contributed by atoms with Crippen molar-refractivity contribution < 1.29 is 9.18 Å². The molecule has 1 heterocycles. The van der Waals surface area contributed by atoms with E-state index >= 15 is 0 Å². The maximum atomic E-state index is 13.3. The number of carbonyl (C=O) groups is 1. The van der Waals surface area contributed by atoms with Crippen molar-refractivity contribution in [2.24, 2.45) is 0 Å². The summed E-state index contributed by atoms with van der Waals surface area (Å²) in [6.45, 7) is 0.0397. The first kappa shape index (κ1) is 12.5. The fraction of sp³-hybridized carbons (Fsp3) is 0.0769. The van der Waals surface area contributed by atoms with Gasteiger partial charge in [0.1, 0.15) is 5.82 Å². The highest BCUT2D eigenvalue weighted by Gasteiger charge is 2.08. The number of nitrogens with zero attached hydrogens (tertiary/aromatic N) is 1. The maximum Gasteiger partial charge on any atom is 0.251 e. The lowest BCUT2D eigenvalue weighted by atomic mass is 10.2. The van der Waals surface area contributed by atoms with Gasteiger partial charge in [-0.3, -0.25) is 9.78 Å². The number of halogens is 2. The van der Waals surface area contributed by atoms with Gasteiger partial charge in [0.25, 0.3) is 5.91 Å². The van der Waals surface area contributed by atoms with E-state index in [1.807, 2.05) is 0 Å². The van der Waals surface area contributed by atoms with Crippen LogP contribution in [0.3, 0.4) is 0 Å². The molecule has 1 aromatic heterocycles. The van der Waals surface area contributed by atoms with Crippen LogP contribution >= 0.6 is 11.6 Å². The maximum absolute atomic E-state index is 13.3. The molecule has 92 valence electrons. The Morgan fingerprint density at radius 1 is 1.33 bits per heavy atom. The number of rotatable bonds is 3. The third-order valence-electron chi connectivity index (χ3n) is 2.34. The van der Waals surface area contributed by atoms with Gasteiger partial charge in [-0.25, -0.2) is 4.39 Å². The first-order valence-electron chi connectivity index (χ1n) is 5.30. The average molecular weight is 265 g/mol. The molecule has 0 spiro atoms. The molecule has 3 nitrogen and oxygen atoms in total. The Labute approximate surface area is 109 Å². The second kappa shape index (κ2) is 5.60. The lowest BCUT2D eigenvalue weighted by Gasteiger charge is -2.05. The molecule has 0 aliphatic carbocycles. The van der Waals surface area contributed by atoms with Gasteiger partial charge < -0.3 is 5.32 Å². The predicted octanol–water partition coefficient (Wildman–Crippen LogP) is 2.80. The van der Waals surface area contributed by atoms with Gasteiger partial charge in [-0.1, -0.05) is 17.7 Å². The van der Waals surface area contributed by atoms with Crippen molar-refractivity contribution in [1.82, 2.24) is 10.3 Å². The first-order chi connectivity index (χ1) is 8.66. The summed E-state index contributed by atoms with van der Waals surface area (Å²) in [4.78, 5) is 15.6. The van der Waals surface area contributed by atoms with Gasteiger partial charge in [0, 0.05) is 16.8 Å². The average Bonchev–Trinajstić information content (AvgIpc) is 2.37. The molecule has 18 heavy (non-hydrogen) atoms. The van der Waals surface area contributed by atoms with E-state index in [-0.39, 0.29) is 18.1 Å². The summed E-state index contributed by atoms with van der Waals surface area (Å²) in [6.07, 6.45) is 1.48. The third kappa shape index (κ3) is 3.05. The molecule has 5 heteroatoms. The van der Waals surface area contributed by atoms with Crippen LogP contribution in [0.1, 0.15) is 16.1 Å². The van der Waals surface area contributed by atoms with Gasteiger partial charge in [0.2, 0.25) is 0 Å². The topological polar surface area (TPSA) is 42.0 Å². The zero-order valence-electron chi connectivity index (χ0n) is 9.36. The highest BCUT2D eigenvalue weighted by molar-refractivity contribution is 6.30. The highest BCUT2D eigenvalue weighted by atomic mass is 35.5. The van der Waals surface area contributed by atoms with Gasteiger partial charge in [0.15, 0.2) is 0 Å². The number of amides is 1. The molecule has 1 amide bonds. The Hall–Kier alpha value is -1.94. The van der Waals surface area contributed by atoms with Crippen molar-refractivity contribution in [2.75, 3.05) is 0 Å². The van der Waals surface area contributed by atoms with Crippen LogP contribution in [-0.4, -0.2) is 10.9 Å². The van der Waals surface area contributed by atoms with Crippen molar-refractivity contribution >= 4 is 17.5 Å². The Kier molecular flexibility index (Phi) is 3.89. The van der Waals surface area contributed by atoms with E-state index in [4.69, 9.17) is 11.6 Å². The zero-order chi connectivity index (χ0) is 13.0. The molecule has 1 aromatic carbocycles. The molecule has 0 fully saturated rings. The van der Waals surface area contributed by atoms with Crippen LogP contribution in [0.5, 0.6) is 0 Å². The van der Waals surface area contributed by atoms with Gasteiger partial charge in [-0.15, -0.1) is 0 Å². The minimum atomic E-state index is -0.441. The smallest absolute Gasteiger partial charge is 0.251 e. The minimum absolute atomic E-state index is 0.0397. The van der Waals surface area contributed by atoms with E-state index in [2.05, 4.69) is 10.3 Å². The van der Waals surface area contributed by atoms with E-state index in [1.54, 1.807) is 24.3 Å². The number of carbonyl (C=O) groups excluding carboxylic acids is 1. The number of hydrogen-bond donors (Lipinski definition) is 1. The summed E-state index contributed by atoms with van der Waals surface area (Å²) in [5, 5.41) is 3.06. The number of aromatic nitrogens is 1. The van der Waals surface area contributed by atoms with Crippen LogP contribution in [0.4, 0.5) is 4.39 Å². The van der Waals surface area contributed by atoms with Crippen molar-refractivity contribution in [3.63, 3.8) is 0 Å². The van der Waals surface area contributed by atoms with E-state index in [1.165, 1.54) is 18.3 Å². The zero-order valence-corrected chi connectivity index (χ0v) is 10.1. The van der Waals surface area contributed by atoms with Crippen LogP contribution in [0.25, 0.3) is 0 Å². The molecule has 0 unspecified atom stereocenters. The molecular formula is C13H10ClFN2O. The lowest BCUT2D eigenvalue weighted by molar-refractivity contribution is 0.0950. The Bertz CT molecular complexity index is 574. The summed E-state index contributed by atoms with van der Waals surface area (Å²) in [5.74, 6) is -0.758. The quantitative estimate of drug-likeness (QED) is 0.926. The molecule has 0 bridgehead atoms. The van der Waals surface area contributed by atoms with E-state index in [9.17, 15) is 9.18 Å². The molecule has 0 atom stereocenters. The molecule has 0 aliphatic rings. The van der Waals surface area contributed by atoms with Gasteiger partial charge >= 0.3 is 0 Å². The first-order valence-corrected chi connectivity index (χ1v) is 5.68. The lowest BCUT2D eigenvalue weighted by Crippen LogP contribution is -2.23. The Morgan fingerprint density at radius 3 is 2.89 bits per heavy atom. The molecular weight excluding hydrogens is 255 g/mol. The van der Waals surface area contributed by atoms with E-state index in [0.29, 0.717) is 10.6 Å². The van der Waals surface area contributed by atoms with Crippen LogP contribution in [-0.2, 0) is 6.54 Å². The van der Waals surface area contributed by atoms with E-state index < -0.39 is 5.82 Å². The molecule has 2 aromatic rings. The van der Waals surface area contributed by atoms with Crippen molar-refractivity contribution in [2.45, 2.75) is 6.54 Å². The monoisotopic (exact) mass is 264 g/mol. The summed E-state index contributed by atoms with van der Waals surface area (Å²) >= 11 is 5.78. The summed E-state index contributed by atoms with van der Waals surface area (Å²) in [6, 6.07) is 9.34. The summed E-state index contributed by atoms with van der Waals surface area (Å²) < 4.78 is 13.3. The summed E-state index contributed by atoms with van der Waals surface area (Å²) in [7, 11) is 0. The standard InChI is InChI=1S/C13H10ClFN2O/c14-10-4-1-3-9(7-10)13(18)17-8-12-11(15)5-2-6-16-12/h1-7H,8H2,(H,17,18). The van der Waals surface area contributed by atoms with Crippen LogP contribution in [0.2, 0.25) is 5.02 Å². The Morgan fingerprint density at radius 2 is 2.17 bits per heavy atom. The Balaban J connectivity index is 2.03. The minimum Gasteiger partial charge on any atom is -0.346 e. The van der Waals surface area contributed by atoms with E-state index in [0.717, 1.165) is 0 Å². The number of nitrogens with one attached hydrogen (secondary N) is 1. The SMILES string of the molecule is O=C(NCc1ncccc1F)c1cccc(Cl)c1. The normalized spacial score (nSPS) is 10.1. The van der Waals surface area contributed by atoms with Crippen LogP contribution in [0, 0.1) is 5.82 Å². The summed E-state index contributed by atoms with van der Waals surface area (Å²) in [5.41, 5.74) is 0.631. The van der Waals surface area contributed by atoms with Gasteiger partial charge in [0.05, 0.1) is 12.2 Å². The second-order valence-corrected chi connectivity index (χ2v) is 4.06. The molecule has 0 saturated carbocycles. The fourth-order valence-corrected chi connectivity index (χ4v) is 1.63. The van der Waals surface area contributed by atoms with Crippen molar-refractivity contribution in [1.29, 1.82) is 0 Å². The molecule has 2 rings (SSSR count). The van der Waals surface area contributed by atoms with Crippen molar-refractivity contribution in [3.05, 3.63) is 64.7 Å². The highest BCUT2D eigenvalue weighted by Crippen LogP contribution is 2.10. The van der Waals surface area contributed by atoms with Gasteiger partial charge in [-0.2, -0.15) is 0 Å². The molecule has 0 aliphatic heterocycles. The van der Waals surface area contributed by atoms with Crippen LogP contribution < -0.4 is 5.32 Å². The molecule has 0 radical (unpaired) electrons. The fourth-order valence-electron chi connectivity index (χ4n) is 1.44.